The fourth-order valence-electron chi connectivity index (χ4n) is 6.20. The molecular formula is C27H40N4O3. The molecule has 1 atom stereocenters. The lowest BCUT2D eigenvalue weighted by atomic mass is 9.93. The largest absolute Gasteiger partial charge is 0.463 e. The highest BCUT2D eigenvalue weighted by molar-refractivity contribution is 6.02. The minimum Gasteiger partial charge on any atom is -0.463 e. The van der Waals surface area contributed by atoms with Gasteiger partial charge < -0.3 is 24.1 Å². The first kappa shape index (κ1) is 23.5. The number of fused-ring (bicyclic) bond motifs is 3. The Morgan fingerprint density at radius 1 is 1.06 bits per heavy atom. The van der Waals surface area contributed by atoms with Crippen LogP contribution in [0, 0.1) is 0 Å². The van der Waals surface area contributed by atoms with Crippen LogP contribution >= 0.6 is 0 Å². The molecule has 34 heavy (non-hydrogen) atoms. The zero-order valence-corrected chi connectivity index (χ0v) is 20.7. The molecule has 2 amide bonds. The van der Waals surface area contributed by atoms with Crippen molar-refractivity contribution < 1.29 is 14.0 Å². The molecule has 1 aliphatic carbocycles. The molecule has 2 aromatic rings. The maximum absolute atomic E-state index is 13.8. The summed E-state index contributed by atoms with van der Waals surface area (Å²) in [6.45, 7) is 6.28. The van der Waals surface area contributed by atoms with Crippen LogP contribution in [-0.4, -0.2) is 63.9 Å². The Kier molecular flexibility index (Phi) is 7.00. The van der Waals surface area contributed by atoms with Gasteiger partial charge in [-0.1, -0.05) is 38.5 Å². The molecule has 3 aliphatic rings. The zero-order chi connectivity index (χ0) is 23.5. The van der Waals surface area contributed by atoms with E-state index >= 15 is 0 Å². The third-order valence-electron chi connectivity index (χ3n) is 8.28. The van der Waals surface area contributed by atoms with Crippen LogP contribution in [-0.2, 0) is 11.3 Å². The van der Waals surface area contributed by atoms with Crippen LogP contribution in [0.3, 0.4) is 0 Å². The number of hydrogen-bond acceptors (Lipinski definition) is 4. The van der Waals surface area contributed by atoms with Crippen LogP contribution in [0.1, 0.15) is 88.0 Å². The summed E-state index contributed by atoms with van der Waals surface area (Å²) in [6.07, 6.45) is 14.6. The number of carbonyl (C=O) groups excluding carboxylic acids is 2. The topological polar surface area (TPSA) is 70.7 Å². The van der Waals surface area contributed by atoms with E-state index in [9.17, 15) is 9.59 Å². The third-order valence-corrected chi connectivity index (χ3v) is 8.28. The number of furan rings is 1. The van der Waals surface area contributed by atoms with Gasteiger partial charge in [-0.3, -0.25) is 9.59 Å². The molecule has 7 heteroatoms. The fourth-order valence-corrected chi connectivity index (χ4v) is 6.20. The lowest BCUT2D eigenvalue weighted by Crippen LogP contribution is -2.65. The Morgan fingerprint density at radius 2 is 1.76 bits per heavy atom. The van der Waals surface area contributed by atoms with Gasteiger partial charge in [0.05, 0.1) is 18.3 Å². The van der Waals surface area contributed by atoms with Gasteiger partial charge in [0.2, 0.25) is 5.91 Å². The van der Waals surface area contributed by atoms with Crippen LogP contribution < -0.4 is 5.32 Å². The predicted octanol–water partition coefficient (Wildman–Crippen LogP) is 4.55. The molecule has 186 valence electrons. The second-order valence-electron chi connectivity index (χ2n) is 10.8. The van der Waals surface area contributed by atoms with E-state index in [1.165, 1.54) is 38.5 Å². The molecule has 2 fully saturated rings. The van der Waals surface area contributed by atoms with Crippen LogP contribution in [0.4, 0.5) is 0 Å². The monoisotopic (exact) mass is 468 g/mol. The van der Waals surface area contributed by atoms with Crippen molar-refractivity contribution in [1.29, 1.82) is 0 Å². The Labute approximate surface area is 202 Å². The van der Waals surface area contributed by atoms with Crippen molar-refractivity contribution in [1.82, 2.24) is 19.7 Å². The van der Waals surface area contributed by atoms with E-state index in [4.69, 9.17) is 4.42 Å². The predicted molar refractivity (Wildman–Crippen MR) is 133 cm³/mol. The van der Waals surface area contributed by atoms with Gasteiger partial charge in [0.1, 0.15) is 11.2 Å². The van der Waals surface area contributed by atoms with E-state index in [2.05, 4.69) is 10.2 Å². The minimum absolute atomic E-state index is 0.0153. The van der Waals surface area contributed by atoms with Gasteiger partial charge in [-0.15, -0.1) is 0 Å². The van der Waals surface area contributed by atoms with Crippen molar-refractivity contribution in [2.45, 2.75) is 95.7 Å². The van der Waals surface area contributed by atoms with Gasteiger partial charge >= 0.3 is 0 Å². The number of hydrogen-bond donors (Lipinski definition) is 1. The second-order valence-corrected chi connectivity index (χ2v) is 10.8. The average Bonchev–Trinajstić information content (AvgIpc) is 3.17. The number of aromatic nitrogens is 1. The lowest BCUT2D eigenvalue weighted by Gasteiger charge is -2.44. The summed E-state index contributed by atoms with van der Waals surface area (Å²) in [5.41, 5.74) is 1.31. The van der Waals surface area contributed by atoms with Gasteiger partial charge in [-0.05, 0) is 58.7 Å². The molecule has 1 saturated heterocycles. The summed E-state index contributed by atoms with van der Waals surface area (Å²) in [4.78, 5) is 32.0. The van der Waals surface area contributed by atoms with E-state index in [-0.39, 0.29) is 17.9 Å². The quantitative estimate of drug-likeness (QED) is 0.631. The van der Waals surface area contributed by atoms with E-state index in [0.717, 1.165) is 57.3 Å². The van der Waals surface area contributed by atoms with E-state index in [1.807, 2.05) is 28.5 Å². The Hall–Kier alpha value is -2.28. The van der Waals surface area contributed by atoms with Crippen molar-refractivity contribution in [3.63, 3.8) is 0 Å². The molecule has 0 aromatic carbocycles. The lowest BCUT2D eigenvalue weighted by molar-refractivity contribution is -0.133. The normalized spacial score (nSPS) is 25.2. The molecular weight excluding hydrogens is 428 g/mol. The van der Waals surface area contributed by atoms with Gasteiger partial charge in [0.25, 0.3) is 5.91 Å². The Morgan fingerprint density at radius 3 is 2.50 bits per heavy atom. The molecule has 1 N–H and O–H groups in total. The van der Waals surface area contributed by atoms with Crippen molar-refractivity contribution in [3.8, 4) is 0 Å². The van der Waals surface area contributed by atoms with E-state index < -0.39 is 5.54 Å². The molecule has 1 saturated carbocycles. The number of likely N-dealkylation sites (tertiary alicyclic amines) is 1. The molecule has 2 aliphatic heterocycles. The molecule has 5 rings (SSSR count). The molecule has 4 heterocycles. The first-order chi connectivity index (χ1) is 16.6. The first-order valence-corrected chi connectivity index (χ1v) is 13.5. The maximum Gasteiger partial charge on any atom is 0.271 e. The molecule has 0 radical (unpaired) electrons. The van der Waals surface area contributed by atoms with E-state index in [0.29, 0.717) is 24.4 Å². The van der Waals surface area contributed by atoms with E-state index in [1.54, 1.807) is 6.26 Å². The zero-order valence-electron chi connectivity index (χ0n) is 20.7. The average molecular weight is 469 g/mol. The SMILES string of the molecule is C[C@]1(C(=O)NC2CCCCCC2)Cn2c(cc3occc32)C(=O)N1CCCN1CCCCCC1. The fraction of sp³-hybridized carbons (Fsp3) is 0.704. The Balaban J connectivity index is 1.36. The summed E-state index contributed by atoms with van der Waals surface area (Å²) in [7, 11) is 0. The van der Waals surface area contributed by atoms with Crippen molar-refractivity contribution in [2.75, 3.05) is 26.2 Å². The van der Waals surface area contributed by atoms with Crippen molar-refractivity contribution in [3.05, 3.63) is 24.1 Å². The number of nitrogens with zero attached hydrogens (tertiary/aromatic N) is 3. The number of nitrogens with one attached hydrogen (secondary N) is 1. The molecule has 0 unspecified atom stereocenters. The number of rotatable bonds is 6. The molecule has 2 aromatic heterocycles. The third kappa shape index (κ3) is 4.64. The number of carbonyl (C=O) groups is 2. The summed E-state index contributed by atoms with van der Waals surface area (Å²) in [5, 5.41) is 3.35. The maximum atomic E-state index is 13.8. The highest BCUT2D eigenvalue weighted by Crippen LogP contribution is 2.33. The van der Waals surface area contributed by atoms with Gasteiger partial charge in [0.15, 0.2) is 5.58 Å². The first-order valence-electron chi connectivity index (χ1n) is 13.5. The summed E-state index contributed by atoms with van der Waals surface area (Å²) >= 11 is 0. The van der Waals surface area contributed by atoms with Crippen LogP contribution in [0.2, 0.25) is 0 Å². The van der Waals surface area contributed by atoms with Crippen molar-refractivity contribution in [2.24, 2.45) is 0 Å². The van der Waals surface area contributed by atoms with Crippen molar-refractivity contribution >= 4 is 22.9 Å². The summed E-state index contributed by atoms with van der Waals surface area (Å²) < 4.78 is 7.58. The smallest absolute Gasteiger partial charge is 0.271 e. The van der Waals surface area contributed by atoms with Crippen LogP contribution in [0.25, 0.3) is 11.1 Å². The number of amides is 2. The standard InChI is InChI=1S/C27H40N4O3/c1-27(26(33)28-21-11-6-2-3-7-12-21)20-30-22-13-18-34-24(22)19-23(30)25(32)31(27)17-10-16-29-14-8-4-5-9-15-29/h13,18-19,21H,2-12,14-17,20H2,1H3,(H,28,33)/t27-/m1/s1. The molecule has 7 nitrogen and oxygen atoms in total. The summed E-state index contributed by atoms with van der Waals surface area (Å²) in [6, 6.07) is 3.94. The highest BCUT2D eigenvalue weighted by atomic mass is 16.3. The minimum atomic E-state index is -0.918. The van der Waals surface area contributed by atoms with Crippen LogP contribution in [0.15, 0.2) is 22.8 Å². The molecule has 0 bridgehead atoms. The second kappa shape index (κ2) is 10.1. The van der Waals surface area contributed by atoms with Gasteiger partial charge in [-0.2, -0.15) is 0 Å². The van der Waals surface area contributed by atoms with Gasteiger partial charge in [-0.25, -0.2) is 0 Å². The van der Waals surface area contributed by atoms with Crippen LogP contribution in [0.5, 0.6) is 0 Å². The highest BCUT2D eigenvalue weighted by Gasteiger charge is 2.48. The van der Waals surface area contributed by atoms with Gasteiger partial charge in [0, 0.05) is 24.7 Å². The summed E-state index contributed by atoms with van der Waals surface area (Å²) in [5.74, 6) is -0.0782. The molecule has 0 spiro atoms. The Bertz CT molecular complexity index is 995.